The molecule has 0 saturated carbocycles. The minimum absolute atomic E-state index is 0.207. The van der Waals surface area contributed by atoms with E-state index in [2.05, 4.69) is 47.3 Å². The maximum atomic E-state index is 12.2. The summed E-state index contributed by atoms with van der Waals surface area (Å²) in [6.07, 6.45) is 3.80. The van der Waals surface area contributed by atoms with Gasteiger partial charge in [0.1, 0.15) is 17.5 Å². The number of anilines is 3. The fourth-order valence-corrected chi connectivity index (χ4v) is 4.67. The molecule has 10 heteroatoms. The standard InChI is InChI=1S/C25H34N6O4/c1-15(2)17-10-18(16-5-8-34-9-6-16)12-19(11-17)29-23-21(22(26)32)13-28-25(30-23)31-7-3-4-20(14-31)35-24(27)33/h10-13,15-16,20H,3-9,14H2,1-2H3,(H2,26,32)(H2,27,33)(H,28,29,30). The predicted molar refractivity (Wildman–Crippen MR) is 133 cm³/mol. The third-order valence-corrected chi connectivity index (χ3v) is 6.59. The summed E-state index contributed by atoms with van der Waals surface area (Å²) < 4.78 is 10.7. The van der Waals surface area contributed by atoms with E-state index in [0.717, 1.165) is 44.6 Å². The molecule has 1 atom stereocenters. The number of piperidine rings is 1. The molecule has 3 heterocycles. The topological polar surface area (TPSA) is 146 Å². The fraction of sp³-hybridized carbons (Fsp3) is 0.520. The molecule has 0 spiro atoms. The summed E-state index contributed by atoms with van der Waals surface area (Å²) in [7, 11) is 0. The molecule has 4 rings (SSSR count). The van der Waals surface area contributed by atoms with Crippen molar-refractivity contribution in [2.45, 2.75) is 57.5 Å². The average Bonchev–Trinajstić information content (AvgIpc) is 2.84. The number of rotatable bonds is 7. The van der Waals surface area contributed by atoms with Gasteiger partial charge in [-0.3, -0.25) is 4.79 Å². The molecular formula is C25H34N6O4. The average molecular weight is 483 g/mol. The molecule has 0 radical (unpaired) electrons. The Bertz CT molecular complexity index is 1070. The molecule has 1 unspecified atom stereocenters. The van der Waals surface area contributed by atoms with Crippen LogP contribution in [-0.4, -0.2) is 54.4 Å². The zero-order valence-electron chi connectivity index (χ0n) is 20.3. The minimum Gasteiger partial charge on any atom is -0.445 e. The Morgan fingerprint density at radius 2 is 1.94 bits per heavy atom. The number of nitrogens with one attached hydrogen (secondary N) is 1. The lowest BCUT2D eigenvalue weighted by atomic mass is 9.88. The number of ether oxygens (including phenoxy) is 2. The molecule has 10 nitrogen and oxygen atoms in total. The second-order valence-corrected chi connectivity index (χ2v) is 9.50. The number of carbonyl (C=O) groups is 2. The first-order valence-corrected chi connectivity index (χ1v) is 12.2. The van der Waals surface area contributed by atoms with E-state index >= 15 is 0 Å². The van der Waals surface area contributed by atoms with Gasteiger partial charge in [0, 0.05) is 31.6 Å². The van der Waals surface area contributed by atoms with E-state index in [0.29, 0.717) is 36.7 Å². The van der Waals surface area contributed by atoms with Gasteiger partial charge in [-0.25, -0.2) is 9.78 Å². The van der Waals surface area contributed by atoms with Crippen molar-refractivity contribution in [2.75, 3.05) is 36.5 Å². The quantitative estimate of drug-likeness (QED) is 0.544. The number of hydrogen-bond acceptors (Lipinski definition) is 8. The highest BCUT2D eigenvalue weighted by atomic mass is 16.6. The molecular weight excluding hydrogens is 448 g/mol. The lowest BCUT2D eigenvalue weighted by Crippen LogP contribution is -2.42. The van der Waals surface area contributed by atoms with Crippen LogP contribution < -0.4 is 21.7 Å². The Morgan fingerprint density at radius 1 is 1.17 bits per heavy atom. The summed E-state index contributed by atoms with van der Waals surface area (Å²) in [6.45, 7) is 6.96. The molecule has 35 heavy (non-hydrogen) atoms. The molecule has 1 aromatic heterocycles. The monoisotopic (exact) mass is 482 g/mol. The van der Waals surface area contributed by atoms with Crippen molar-refractivity contribution in [3.8, 4) is 0 Å². The number of hydrogen-bond donors (Lipinski definition) is 3. The number of nitrogens with zero attached hydrogens (tertiary/aromatic N) is 3. The van der Waals surface area contributed by atoms with E-state index in [1.165, 1.54) is 17.3 Å². The summed E-state index contributed by atoms with van der Waals surface area (Å²) in [5.41, 5.74) is 14.3. The van der Waals surface area contributed by atoms with Crippen molar-refractivity contribution in [1.82, 2.24) is 9.97 Å². The normalized spacial score (nSPS) is 18.9. The minimum atomic E-state index is -0.797. The Labute approximate surface area is 205 Å². The molecule has 1 aromatic carbocycles. The first kappa shape index (κ1) is 24.7. The predicted octanol–water partition coefficient (Wildman–Crippen LogP) is 3.40. The summed E-state index contributed by atoms with van der Waals surface area (Å²) in [5.74, 6) is 0.925. The SMILES string of the molecule is CC(C)c1cc(Nc2nc(N3CCCC(OC(N)=O)C3)ncc2C(N)=O)cc(C2CCOCC2)c1. The number of carbonyl (C=O) groups excluding carboxylic acids is 2. The van der Waals surface area contributed by atoms with Crippen molar-refractivity contribution in [3.63, 3.8) is 0 Å². The molecule has 2 aliphatic heterocycles. The van der Waals surface area contributed by atoms with Crippen LogP contribution in [0, 0.1) is 0 Å². The number of primary amides is 2. The second kappa shape index (κ2) is 10.9. The molecule has 2 aliphatic rings. The third-order valence-electron chi connectivity index (χ3n) is 6.59. The van der Waals surface area contributed by atoms with E-state index < -0.39 is 12.0 Å². The van der Waals surface area contributed by atoms with Gasteiger partial charge in [0.2, 0.25) is 5.95 Å². The molecule has 2 amide bonds. The molecule has 0 aliphatic carbocycles. The summed E-state index contributed by atoms with van der Waals surface area (Å²) in [5, 5.41) is 3.34. The third kappa shape index (κ3) is 6.19. The smallest absolute Gasteiger partial charge is 0.404 e. The van der Waals surface area contributed by atoms with E-state index in [4.69, 9.17) is 20.9 Å². The van der Waals surface area contributed by atoms with E-state index in [-0.39, 0.29) is 11.7 Å². The number of aromatic nitrogens is 2. The van der Waals surface area contributed by atoms with E-state index in [1.54, 1.807) is 0 Å². The van der Waals surface area contributed by atoms with Gasteiger partial charge in [-0.15, -0.1) is 0 Å². The fourth-order valence-electron chi connectivity index (χ4n) is 4.67. The highest BCUT2D eigenvalue weighted by Crippen LogP contribution is 2.33. The summed E-state index contributed by atoms with van der Waals surface area (Å²) >= 11 is 0. The van der Waals surface area contributed by atoms with E-state index in [9.17, 15) is 9.59 Å². The molecule has 0 bridgehead atoms. The lowest BCUT2D eigenvalue weighted by Gasteiger charge is -2.32. The molecule has 188 valence electrons. The van der Waals surface area contributed by atoms with Crippen LogP contribution in [0.3, 0.4) is 0 Å². The highest BCUT2D eigenvalue weighted by molar-refractivity contribution is 5.98. The van der Waals surface area contributed by atoms with Gasteiger partial charge in [-0.2, -0.15) is 4.98 Å². The van der Waals surface area contributed by atoms with Crippen molar-refractivity contribution in [2.24, 2.45) is 11.5 Å². The Morgan fingerprint density at radius 3 is 2.63 bits per heavy atom. The number of amides is 2. The van der Waals surface area contributed by atoms with E-state index in [1.807, 2.05) is 4.90 Å². The summed E-state index contributed by atoms with van der Waals surface area (Å²) in [4.78, 5) is 34.3. The van der Waals surface area contributed by atoms with Crippen LogP contribution >= 0.6 is 0 Å². The zero-order chi connectivity index (χ0) is 24.9. The van der Waals surface area contributed by atoms with Gasteiger partial charge >= 0.3 is 6.09 Å². The molecule has 2 aromatic rings. The van der Waals surface area contributed by atoms with Gasteiger partial charge in [0.15, 0.2) is 0 Å². The van der Waals surface area contributed by atoms with Crippen LogP contribution in [0.4, 0.5) is 22.2 Å². The van der Waals surface area contributed by atoms with Crippen molar-refractivity contribution in [1.29, 1.82) is 0 Å². The van der Waals surface area contributed by atoms with Crippen molar-refractivity contribution in [3.05, 3.63) is 41.1 Å². The molecule has 2 saturated heterocycles. The number of nitrogens with two attached hydrogens (primary N) is 2. The Hall–Kier alpha value is -3.40. The second-order valence-electron chi connectivity index (χ2n) is 9.50. The largest absolute Gasteiger partial charge is 0.445 e. The lowest BCUT2D eigenvalue weighted by molar-refractivity contribution is 0.0853. The van der Waals surface area contributed by atoms with Crippen LogP contribution in [0.15, 0.2) is 24.4 Å². The zero-order valence-corrected chi connectivity index (χ0v) is 20.3. The highest BCUT2D eigenvalue weighted by Gasteiger charge is 2.25. The Kier molecular flexibility index (Phi) is 7.70. The van der Waals surface area contributed by atoms with Crippen LogP contribution in [-0.2, 0) is 9.47 Å². The van der Waals surface area contributed by atoms with Gasteiger partial charge in [-0.05, 0) is 60.8 Å². The first-order chi connectivity index (χ1) is 16.8. The maximum Gasteiger partial charge on any atom is 0.404 e. The van der Waals surface area contributed by atoms with Gasteiger partial charge in [0.25, 0.3) is 5.91 Å². The van der Waals surface area contributed by atoms with Gasteiger partial charge in [0.05, 0.1) is 6.54 Å². The van der Waals surface area contributed by atoms with Crippen molar-refractivity contribution >= 4 is 29.5 Å². The maximum absolute atomic E-state index is 12.2. The Balaban J connectivity index is 1.64. The summed E-state index contributed by atoms with van der Waals surface area (Å²) in [6, 6.07) is 6.46. The molecule has 2 fully saturated rings. The molecule has 5 N–H and O–H groups in total. The van der Waals surface area contributed by atoms with Crippen molar-refractivity contribution < 1.29 is 19.1 Å². The van der Waals surface area contributed by atoms with Crippen LogP contribution in [0.2, 0.25) is 0 Å². The van der Waals surface area contributed by atoms with Gasteiger partial charge in [-0.1, -0.05) is 19.9 Å². The first-order valence-electron chi connectivity index (χ1n) is 12.2. The van der Waals surface area contributed by atoms with Gasteiger partial charge < -0.3 is 31.2 Å². The number of benzene rings is 1. The van der Waals surface area contributed by atoms with Crippen LogP contribution in [0.1, 0.15) is 72.9 Å². The van der Waals surface area contributed by atoms with Crippen LogP contribution in [0.25, 0.3) is 0 Å². The van der Waals surface area contributed by atoms with Crippen LogP contribution in [0.5, 0.6) is 0 Å².